The van der Waals surface area contributed by atoms with Gasteiger partial charge in [0, 0.05) is 32.0 Å². The van der Waals surface area contributed by atoms with Gasteiger partial charge in [-0.15, -0.1) is 24.0 Å². The van der Waals surface area contributed by atoms with Crippen molar-refractivity contribution in [2.75, 3.05) is 32.7 Å². The van der Waals surface area contributed by atoms with Crippen molar-refractivity contribution in [1.82, 2.24) is 25.1 Å². The zero-order valence-corrected chi connectivity index (χ0v) is 20.7. The van der Waals surface area contributed by atoms with Crippen LogP contribution in [0.5, 0.6) is 0 Å². The van der Waals surface area contributed by atoms with Crippen molar-refractivity contribution in [1.29, 1.82) is 0 Å². The van der Waals surface area contributed by atoms with E-state index in [1.807, 2.05) is 25.4 Å². The molecule has 2 aromatic heterocycles. The topological polar surface area (TPSA) is 70.6 Å². The van der Waals surface area contributed by atoms with E-state index in [2.05, 4.69) is 38.1 Å². The Morgan fingerprint density at radius 1 is 1.23 bits per heavy atom. The molecule has 1 fully saturated rings. The summed E-state index contributed by atoms with van der Waals surface area (Å²) in [6, 6.07) is 4.26. The van der Waals surface area contributed by atoms with E-state index in [1.54, 1.807) is 6.26 Å². The number of nitrogens with one attached hydrogen (secondary N) is 2. The van der Waals surface area contributed by atoms with Crippen molar-refractivity contribution < 1.29 is 4.42 Å². The number of hydrogen-bond donors (Lipinski definition) is 2. The number of furan rings is 1. The third-order valence-corrected chi connectivity index (χ3v) is 5.51. The SMILES string of the molecule is CCNC(=NCC(c1ccco1)N1CCCCC1)NCCCCn1ccnc1C.I. The Morgan fingerprint density at radius 2 is 2.07 bits per heavy atom. The number of piperidine rings is 1. The Morgan fingerprint density at radius 3 is 2.73 bits per heavy atom. The molecule has 1 atom stereocenters. The molecule has 0 aliphatic carbocycles. The van der Waals surface area contributed by atoms with Gasteiger partial charge in [-0.1, -0.05) is 6.42 Å². The number of rotatable bonds is 10. The predicted octanol–water partition coefficient (Wildman–Crippen LogP) is 3.97. The minimum atomic E-state index is 0. The highest BCUT2D eigenvalue weighted by Gasteiger charge is 2.24. The molecule has 1 unspecified atom stereocenters. The van der Waals surface area contributed by atoms with Crippen molar-refractivity contribution in [3.8, 4) is 0 Å². The molecule has 0 radical (unpaired) electrons. The summed E-state index contributed by atoms with van der Waals surface area (Å²) in [5, 5.41) is 6.86. The second-order valence-corrected chi connectivity index (χ2v) is 7.65. The molecular weight excluding hydrogens is 491 g/mol. The van der Waals surface area contributed by atoms with E-state index in [9.17, 15) is 0 Å². The lowest BCUT2D eigenvalue weighted by atomic mass is 10.1. The molecular formula is C22H37IN6O. The van der Waals surface area contributed by atoms with E-state index < -0.39 is 0 Å². The van der Waals surface area contributed by atoms with Crippen LogP contribution in [0.4, 0.5) is 0 Å². The normalized spacial score (nSPS) is 16.1. The third-order valence-electron chi connectivity index (χ3n) is 5.51. The van der Waals surface area contributed by atoms with Crippen molar-refractivity contribution in [2.45, 2.75) is 58.5 Å². The molecule has 3 rings (SSSR count). The number of nitrogens with zero attached hydrogens (tertiary/aromatic N) is 4. The molecule has 0 amide bonds. The van der Waals surface area contributed by atoms with Gasteiger partial charge in [0.2, 0.25) is 0 Å². The van der Waals surface area contributed by atoms with E-state index in [0.717, 1.165) is 63.1 Å². The number of unbranched alkanes of at least 4 members (excludes halogenated alkanes) is 1. The van der Waals surface area contributed by atoms with Crippen LogP contribution in [0, 0.1) is 6.92 Å². The van der Waals surface area contributed by atoms with Gasteiger partial charge in [-0.3, -0.25) is 9.89 Å². The summed E-state index contributed by atoms with van der Waals surface area (Å²) in [6.07, 6.45) is 11.7. The van der Waals surface area contributed by atoms with Crippen LogP contribution in [0.15, 0.2) is 40.2 Å². The number of aromatic nitrogens is 2. The van der Waals surface area contributed by atoms with Crippen LogP contribution < -0.4 is 10.6 Å². The van der Waals surface area contributed by atoms with Crippen molar-refractivity contribution in [3.63, 3.8) is 0 Å². The van der Waals surface area contributed by atoms with E-state index in [0.29, 0.717) is 6.54 Å². The molecule has 1 aliphatic heterocycles. The molecule has 0 aromatic carbocycles. The number of aryl methyl sites for hydroxylation is 2. The van der Waals surface area contributed by atoms with E-state index in [1.165, 1.54) is 19.3 Å². The van der Waals surface area contributed by atoms with Gasteiger partial charge in [0.1, 0.15) is 11.6 Å². The van der Waals surface area contributed by atoms with Gasteiger partial charge in [0.15, 0.2) is 5.96 Å². The molecule has 0 bridgehead atoms. The summed E-state index contributed by atoms with van der Waals surface area (Å²) in [7, 11) is 0. The molecule has 168 valence electrons. The molecule has 0 saturated carbocycles. The predicted molar refractivity (Wildman–Crippen MR) is 132 cm³/mol. The number of hydrogen-bond acceptors (Lipinski definition) is 4. The van der Waals surface area contributed by atoms with Crippen LogP contribution >= 0.6 is 24.0 Å². The van der Waals surface area contributed by atoms with E-state index >= 15 is 0 Å². The number of imidazole rings is 1. The zero-order chi connectivity index (χ0) is 20.3. The highest BCUT2D eigenvalue weighted by Crippen LogP contribution is 2.25. The Kier molecular flexibility index (Phi) is 11.3. The van der Waals surface area contributed by atoms with Crippen molar-refractivity contribution >= 4 is 29.9 Å². The van der Waals surface area contributed by atoms with Gasteiger partial charge in [0.25, 0.3) is 0 Å². The van der Waals surface area contributed by atoms with Crippen LogP contribution in [0.25, 0.3) is 0 Å². The summed E-state index contributed by atoms with van der Waals surface area (Å²) >= 11 is 0. The quantitative estimate of drug-likeness (QED) is 0.212. The molecule has 1 saturated heterocycles. The molecule has 8 heteroatoms. The Labute approximate surface area is 197 Å². The summed E-state index contributed by atoms with van der Waals surface area (Å²) in [4.78, 5) is 11.7. The number of aliphatic imine (C=N–C) groups is 1. The fraction of sp³-hybridized carbons (Fsp3) is 0.636. The minimum absolute atomic E-state index is 0. The molecule has 3 heterocycles. The van der Waals surface area contributed by atoms with E-state index in [-0.39, 0.29) is 30.0 Å². The Balaban J connectivity index is 0.00000320. The van der Waals surface area contributed by atoms with Crippen LogP contribution in [0.3, 0.4) is 0 Å². The lowest BCUT2D eigenvalue weighted by Gasteiger charge is -2.32. The maximum Gasteiger partial charge on any atom is 0.191 e. The van der Waals surface area contributed by atoms with Gasteiger partial charge in [-0.2, -0.15) is 0 Å². The van der Waals surface area contributed by atoms with Gasteiger partial charge in [-0.05, 0) is 64.8 Å². The average Bonchev–Trinajstić information content (AvgIpc) is 3.41. The fourth-order valence-electron chi connectivity index (χ4n) is 3.87. The second kappa shape index (κ2) is 13.7. The van der Waals surface area contributed by atoms with Gasteiger partial charge >= 0.3 is 0 Å². The maximum atomic E-state index is 5.74. The van der Waals surface area contributed by atoms with Gasteiger partial charge in [0.05, 0.1) is 18.8 Å². The molecule has 7 nitrogen and oxygen atoms in total. The number of likely N-dealkylation sites (tertiary alicyclic amines) is 1. The highest BCUT2D eigenvalue weighted by atomic mass is 127. The van der Waals surface area contributed by atoms with Gasteiger partial charge < -0.3 is 19.6 Å². The largest absolute Gasteiger partial charge is 0.468 e. The van der Waals surface area contributed by atoms with Gasteiger partial charge in [-0.25, -0.2) is 4.98 Å². The fourth-order valence-corrected chi connectivity index (χ4v) is 3.87. The van der Waals surface area contributed by atoms with Crippen molar-refractivity contribution in [3.05, 3.63) is 42.4 Å². The number of halogens is 1. The van der Waals surface area contributed by atoms with Crippen LogP contribution in [-0.2, 0) is 6.54 Å². The van der Waals surface area contributed by atoms with Crippen LogP contribution in [-0.4, -0.2) is 53.1 Å². The summed E-state index contributed by atoms with van der Waals surface area (Å²) in [5.74, 6) is 2.98. The average molecular weight is 528 g/mol. The smallest absolute Gasteiger partial charge is 0.191 e. The first-order chi connectivity index (χ1) is 14.3. The molecule has 2 N–H and O–H groups in total. The Bertz CT molecular complexity index is 724. The molecule has 30 heavy (non-hydrogen) atoms. The molecule has 1 aliphatic rings. The standard InChI is InChI=1S/C22H36N6O.HI/c1-3-23-22(25-11-5-8-13-27-16-12-24-19(27)2)26-18-20(21-10-9-17-29-21)28-14-6-4-7-15-28;/h9-10,12,16-17,20H,3-8,11,13-15,18H2,1-2H3,(H2,23,25,26);1H. The summed E-state index contributed by atoms with van der Waals surface area (Å²) in [6.45, 7) is 9.88. The summed E-state index contributed by atoms with van der Waals surface area (Å²) < 4.78 is 7.94. The van der Waals surface area contributed by atoms with E-state index in [4.69, 9.17) is 9.41 Å². The molecule has 0 spiro atoms. The first kappa shape index (κ1) is 24.7. The maximum absolute atomic E-state index is 5.74. The van der Waals surface area contributed by atoms with Crippen LogP contribution in [0.2, 0.25) is 0 Å². The van der Waals surface area contributed by atoms with Crippen LogP contribution in [0.1, 0.15) is 56.7 Å². The first-order valence-corrected chi connectivity index (χ1v) is 11.0. The zero-order valence-electron chi connectivity index (χ0n) is 18.3. The number of guanidine groups is 1. The van der Waals surface area contributed by atoms with Crippen molar-refractivity contribution in [2.24, 2.45) is 4.99 Å². The first-order valence-electron chi connectivity index (χ1n) is 11.0. The highest BCUT2D eigenvalue weighted by molar-refractivity contribution is 14.0. The monoisotopic (exact) mass is 528 g/mol. The summed E-state index contributed by atoms with van der Waals surface area (Å²) in [5.41, 5.74) is 0. The third kappa shape index (κ3) is 7.61. The second-order valence-electron chi connectivity index (χ2n) is 7.65. The lowest BCUT2D eigenvalue weighted by Crippen LogP contribution is -2.39. The Hall–Kier alpha value is -1.55. The molecule has 2 aromatic rings. The lowest BCUT2D eigenvalue weighted by molar-refractivity contribution is 0.150. The minimum Gasteiger partial charge on any atom is -0.468 e.